The number of carboxylic acid groups (broad SMARTS) is 1. The maximum absolute atomic E-state index is 12.2. The highest BCUT2D eigenvalue weighted by Gasteiger charge is 2.36. The summed E-state index contributed by atoms with van der Waals surface area (Å²) in [6.07, 6.45) is 1.55. The summed E-state index contributed by atoms with van der Waals surface area (Å²) in [6.45, 7) is 5.46. The zero-order valence-corrected chi connectivity index (χ0v) is 11.7. The second kappa shape index (κ2) is 6.83. The van der Waals surface area contributed by atoms with Gasteiger partial charge in [-0.05, 0) is 18.8 Å². The first kappa shape index (κ1) is 15.1. The van der Waals surface area contributed by atoms with Gasteiger partial charge in [-0.25, -0.2) is 9.59 Å². The number of urea groups is 1. The lowest BCUT2D eigenvalue weighted by molar-refractivity contribution is -0.144. The summed E-state index contributed by atoms with van der Waals surface area (Å²) in [5, 5.41) is 9.24. The summed E-state index contributed by atoms with van der Waals surface area (Å²) in [5.41, 5.74) is 0. The van der Waals surface area contributed by atoms with Gasteiger partial charge in [0.05, 0.1) is 0 Å². The smallest absolute Gasteiger partial charge is 0.326 e. The first-order valence-electron chi connectivity index (χ1n) is 6.33. The monoisotopic (exact) mass is 276 g/mol. The van der Waals surface area contributed by atoms with Crippen LogP contribution in [0.4, 0.5) is 4.79 Å². The molecule has 1 heterocycles. The number of aliphatic carboxylic acids is 1. The van der Waals surface area contributed by atoms with Crippen molar-refractivity contribution >= 4 is 23.6 Å². The number of rotatable bonds is 6. The predicted molar refractivity (Wildman–Crippen MR) is 69.9 cm³/mol. The number of halogens is 1. The van der Waals surface area contributed by atoms with Crippen LogP contribution in [0.2, 0.25) is 0 Å². The molecular formula is C12H21ClN2O3. The van der Waals surface area contributed by atoms with Crippen LogP contribution in [-0.2, 0) is 4.79 Å². The molecule has 0 bridgehead atoms. The molecule has 0 aromatic heterocycles. The maximum atomic E-state index is 12.2. The third kappa shape index (κ3) is 3.51. The van der Waals surface area contributed by atoms with E-state index in [0.29, 0.717) is 25.5 Å². The van der Waals surface area contributed by atoms with Crippen molar-refractivity contribution in [1.82, 2.24) is 9.80 Å². The third-order valence-corrected chi connectivity index (χ3v) is 3.39. The van der Waals surface area contributed by atoms with Gasteiger partial charge in [-0.1, -0.05) is 13.8 Å². The van der Waals surface area contributed by atoms with Crippen LogP contribution in [0.3, 0.4) is 0 Å². The van der Waals surface area contributed by atoms with E-state index in [-0.39, 0.29) is 11.9 Å². The molecule has 1 aliphatic rings. The van der Waals surface area contributed by atoms with Gasteiger partial charge in [-0.15, -0.1) is 11.6 Å². The topological polar surface area (TPSA) is 60.9 Å². The minimum absolute atomic E-state index is 0.0978. The molecule has 0 spiro atoms. The van der Waals surface area contributed by atoms with Crippen LogP contribution in [0.5, 0.6) is 0 Å². The Labute approximate surface area is 113 Å². The summed E-state index contributed by atoms with van der Waals surface area (Å²) < 4.78 is 0. The van der Waals surface area contributed by atoms with Crippen LogP contribution in [-0.4, -0.2) is 58.5 Å². The molecule has 5 nitrogen and oxygen atoms in total. The average molecular weight is 277 g/mol. The predicted octanol–water partition coefficient (Wildman–Crippen LogP) is 1.85. The van der Waals surface area contributed by atoms with Crippen molar-refractivity contribution in [3.8, 4) is 0 Å². The fourth-order valence-electron chi connectivity index (χ4n) is 2.30. The maximum Gasteiger partial charge on any atom is 0.326 e. The normalized spacial score (nSPS) is 18.3. The Kier molecular flexibility index (Phi) is 5.72. The van der Waals surface area contributed by atoms with Gasteiger partial charge in [-0.2, -0.15) is 0 Å². The second-order valence-corrected chi connectivity index (χ2v) is 5.26. The van der Waals surface area contributed by atoms with Crippen LogP contribution < -0.4 is 0 Å². The number of hydrogen-bond donors (Lipinski definition) is 1. The van der Waals surface area contributed by atoms with Crippen molar-refractivity contribution in [3.63, 3.8) is 0 Å². The number of carbonyl (C=O) groups excluding carboxylic acids is 1. The van der Waals surface area contributed by atoms with E-state index >= 15 is 0 Å². The first-order valence-corrected chi connectivity index (χ1v) is 6.86. The Morgan fingerprint density at radius 2 is 2.11 bits per heavy atom. The highest BCUT2D eigenvalue weighted by Crippen LogP contribution is 2.18. The van der Waals surface area contributed by atoms with Gasteiger partial charge in [0.15, 0.2) is 0 Å². The first-order chi connectivity index (χ1) is 8.49. The van der Waals surface area contributed by atoms with Crippen molar-refractivity contribution in [2.24, 2.45) is 5.92 Å². The van der Waals surface area contributed by atoms with Gasteiger partial charge in [0, 0.05) is 25.5 Å². The quantitative estimate of drug-likeness (QED) is 0.753. The van der Waals surface area contributed by atoms with Gasteiger partial charge in [-0.3, -0.25) is 0 Å². The summed E-state index contributed by atoms with van der Waals surface area (Å²) in [5.74, 6) is -0.520. The highest BCUT2D eigenvalue weighted by molar-refractivity contribution is 6.17. The van der Waals surface area contributed by atoms with E-state index in [9.17, 15) is 14.7 Å². The summed E-state index contributed by atoms with van der Waals surface area (Å²) in [6, 6.07) is -0.913. The van der Waals surface area contributed by atoms with E-state index in [1.807, 2.05) is 13.8 Å². The lowest BCUT2D eigenvalue weighted by Gasteiger charge is -2.39. The van der Waals surface area contributed by atoms with E-state index in [2.05, 4.69) is 0 Å². The zero-order chi connectivity index (χ0) is 13.7. The molecule has 1 atom stereocenters. The Morgan fingerprint density at radius 3 is 2.61 bits per heavy atom. The molecule has 18 heavy (non-hydrogen) atoms. The fraction of sp³-hybridized carbons (Fsp3) is 0.833. The highest BCUT2D eigenvalue weighted by atomic mass is 35.5. The van der Waals surface area contributed by atoms with E-state index in [1.54, 1.807) is 4.90 Å². The van der Waals surface area contributed by atoms with Crippen molar-refractivity contribution in [2.75, 3.05) is 25.5 Å². The second-order valence-electron chi connectivity index (χ2n) is 4.89. The molecule has 1 rings (SSSR count). The fourth-order valence-corrected chi connectivity index (χ4v) is 2.42. The molecule has 0 aromatic rings. The van der Waals surface area contributed by atoms with Gasteiger partial charge in [0.25, 0.3) is 0 Å². The van der Waals surface area contributed by atoms with Gasteiger partial charge < -0.3 is 14.9 Å². The average Bonchev–Trinajstić information content (AvgIpc) is 2.29. The van der Waals surface area contributed by atoms with Gasteiger partial charge in [0.2, 0.25) is 0 Å². The number of carbonyl (C=O) groups is 2. The van der Waals surface area contributed by atoms with Crippen LogP contribution in [0, 0.1) is 5.92 Å². The minimum Gasteiger partial charge on any atom is -0.480 e. The Bertz CT molecular complexity index is 310. The number of amides is 2. The van der Waals surface area contributed by atoms with Crippen molar-refractivity contribution in [1.29, 1.82) is 0 Å². The van der Waals surface area contributed by atoms with E-state index in [4.69, 9.17) is 11.6 Å². The molecule has 1 unspecified atom stereocenters. The molecule has 6 heteroatoms. The molecule has 0 aromatic carbocycles. The molecule has 2 amide bonds. The molecule has 1 aliphatic heterocycles. The van der Waals surface area contributed by atoms with Crippen LogP contribution in [0.25, 0.3) is 0 Å². The molecular weight excluding hydrogens is 256 g/mol. The van der Waals surface area contributed by atoms with E-state index in [0.717, 1.165) is 12.8 Å². The lowest BCUT2D eigenvalue weighted by atomic mass is 10.0. The standard InChI is InChI=1S/C12H21ClN2O3/c1-9(2)10(11(16)17)15-8-4-7-14(12(15)18)6-3-5-13/h9-10H,3-8H2,1-2H3,(H,16,17). The lowest BCUT2D eigenvalue weighted by Crippen LogP contribution is -2.57. The molecule has 1 saturated heterocycles. The molecule has 1 fully saturated rings. The number of hydrogen-bond acceptors (Lipinski definition) is 2. The largest absolute Gasteiger partial charge is 0.480 e. The number of nitrogens with zero attached hydrogens (tertiary/aromatic N) is 2. The number of carboxylic acids is 1. The summed E-state index contributed by atoms with van der Waals surface area (Å²) in [4.78, 5) is 26.7. The van der Waals surface area contributed by atoms with Crippen LogP contribution >= 0.6 is 11.6 Å². The Morgan fingerprint density at radius 1 is 1.44 bits per heavy atom. The van der Waals surface area contributed by atoms with Crippen LogP contribution in [0.1, 0.15) is 26.7 Å². The summed E-state index contributed by atoms with van der Waals surface area (Å²) in [7, 11) is 0. The van der Waals surface area contributed by atoms with Crippen molar-refractivity contribution in [3.05, 3.63) is 0 Å². The molecule has 104 valence electrons. The Hall–Kier alpha value is -0.970. The minimum atomic E-state index is -0.933. The number of alkyl halides is 1. The van der Waals surface area contributed by atoms with E-state index in [1.165, 1.54) is 4.90 Å². The zero-order valence-electron chi connectivity index (χ0n) is 10.9. The third-order valence-electron chi connectivity index (χ3n) is 3.13. The van der Waals surface area contributed by atoms with Crippen molar-refractivity contribution in [2.45, 2.75) is 32.7 Å². The summed E-state index contributed by atoms with van der Waals surface area (Å²) >= 11 is 5.62. The molecule has 1 N–H and O–H groups in total. The van der Waals surface area contributed by atoms with Crippen LogP contribution in [0.15, 0.2) is 0 Å². The Balaban J connectivity index is 2.75. The SMILES string of the molecule is CC(C)C(C(=O)O)N1CCCN(CCCCl)C1=O. The molecule has 0 radical (unpaired) electrons. The van der Waals surface area contributed by atoms with E-state index < -0.39 is 12.0 Å². The molecule has 0 aliphatic carbocycles. The van der Waals surface area contributed by atoms with Crippen molar-refractivity contribution < 1.29 is 14.7 Å². The van der Waals surface area contributed by atoms with Gasteiger partial charge in [0.1, 0.15) is 6.04 Å². The van der Waals surface area contributed by atoms with Gasteiger partial charge >= 0.3 is 12.0 Å². The molecule has 0 saturated carbocycles.